The van der Waals surface area contributed by atoms with Crippen molar-refractivity contribution in [2.75, 3.05) is 20.8 Å². The molecule has 0 aliphatic carbocycles. The number of rotatable bonds is 8. The normalized spacial score (nSPS) is 10.6. The molecule has 1 heterocycles. The fourth-order valence-corrected chi connectivity index (χ4v) is 3.37. The number of hydrogen-bond acceptors (Lipinski definition) is 6. The van der Waals surface area contributed by atoms with Crippen LogP contribution in [0.2, 0.25) is 0 Å². The highest BCUT2D eigenvalue weighted by atomic mass is 19.1. The van der Waals surface area contributed by atoms with Gasteiger partial charge in [0.1, 0.15) is 5.82 Å². The van der Waals surface area contributed by atoms with Gasteiger partial charge in [-0.1, -0.05) is 23.4 Å². The van der Waals surface area contributed by atoms with Gasteiger partial charge in [0.05, 0.1) is 25.3 Å². The summed E-state index contributed by atoms with van der Waals surface area (Å²) in [6.07, 6.45) is 0.615. The van der Waals surface area contributed by atoms with E-state index in [1.165, 1.54) is 12.1 Å². The number of methoxy groups -OCH3 is 2. The Kier molecular flexibility index (Phi) is 6.64. The Labute approximate surface area is 190 Å². The van der Waals surface area contributed by atoms with Gasteiger partial charge < -0.3 is 19.3 Å². The number of halogens is 1. The van der Waals surface area contributed by atoms with Crippen molar-refractivity contribution in [3.63, 3.8) is 0 Å². The van der Waals surface area contributed by atoms with E-state index in [9.17, 15) is 9.18 Å². The number of hydrogen-bond donors (Lipinski definition) is 1. The summed E-state index contributed by atoms with van der Waals surface area (Å²) in [5.74, 6) is 1.21. The molecular weight excluding hydrogens is 425 g/mol. The average Bonchev–Trinajstić information content (AvgIpc) is 3.34. The van der Waals surface area contributed by atoms with Crippen LogP contribution in [0.25, 0.3) is 22.8 Å². The maximum atomic E-state index is 13.2. The molecule has 168 valence electrons. The SMILES string of the molecule is COc1ccc(CCNC(=O)c2ccccc2-c2nc(-c3ccc(F)cc3)no2)cc1OC. The Balaban J connectivity index is 1.46. The summed E-state index contributed by atoms with van der Waals surface area (Å²) in [5, 5.41) is 6.89. The molecule has 4 rings (SSSR count). The number of nitrogens with zero attached hydrogens (tertiary/aromatic N) is 2. The van der Waals surface area contributed by atoms with Crippen LogP contribution in [0, 0.1) is 5.82 Å². The summed E-state index contributed by atoms with van der Waals surface area (Å²) >= 11 is 0. The topological polar surface area (TPSA) is 86.5 Å². The second-order valence-electron chi connectivity index (χ2n) is 7.17. The van der Waals surface area contributed by atoms with E-state index < -0.39 is 0 Å². The monoisotopic (exact) mass is 447 g/mol. The van der Waals surface area contributed by atoms with Gasteiger partial charge in [-0.05, 0) is 60.5 Å². The molecular formula is C25H22FN3O4. The number of aromatic nitrogens is 2. The van der Waals surface area contributed by atoms with Crippen LogP contribution in [-0.2, 0) is 6.42 Å². The maximum Gasteiger partial charge on any atom is 0.259 e. The lowest BCUT2D eigenvalue weighted by atomic mass is 10.1. The minimum atomic E-state index is -0.349. The van der Waals surface area contributed by atoms with E-state index in [-0.39, 0.29) is 17.6 Å². The lowest BCUT2D eigenvalue weighted by molar-refractivity contribution is 0.0954. The zero-order valence-corrected chi connectivity index (χ0v) is 18.2. The highest BCUT2D eigenvalue weighted by molar-refractivity contribution is 6.00. The summed E-state index contributed by atoms with van der Waals surface area (Å²) < 4.78 is 29.1. The van der Waals surface area contributed by atoms with Gasteiger partial charge in [-0.15, -0.1) is 0 Å². The van der Waals surface area contributed by atoms with Crippen LogP contribution < -0.4 is 14.8 Å². The average molecular weight is 447 g/mol. The Morgan fingerprint density at radius 3 is 2.52 bits per heavy atom. The van der Waals surface area contributed by atoms with Crippen molar-refractivity contribution in [2.24, 2.45) is 0 Å². The molecule has 0 radical (unpaired) electrons. The maximum absolute atomic E-state index is 13.2. The standard InChI is InChI=1S/C25H22FN3O4/c1-31-21-12-7-16(15-22(21)32-2)13-14-27-24(30)19-5-3-4-6-20(19)25-28-23(29-33-25)17-8-10-18(26)11-9-17/h3-12,15H,13-14H2,1-2H3,(H,27,30). The smallest absolute Gasteiger partial charge is 0.259 e. The van der Waals surface area contributed by atoms with Gasteiger partial charge in [-0.25, -0.2) is 4.39 Å². The molecule has 4 aromatic rings. The number of carbonyl (C=O) groups is 1. The van der Waals surface area contributed by atoms with Gasteiger partial charge in [0.2, 0.25) is 5.82 Å². The fourth-order valence-electron chi connectivity index (χ4n) is 3.37. The largest absolute Gasteiger partial charge is 0.493 e. The first-order chi connectivity index (χ1) is 16.1. The molecule has 33 heavy (non-hydrogen) atoms. The molecule has 1 amide bonds. The molecule has 0 bridgehead atoms. The predicted octanol–water partition coefficient (Wildman–Crippen LogP) is 4.53. The molecule has 0 unspecified atom stereocenters. The first kappa shape index (κ1) is 22.0. The molecule has 1 aromatic heterocycles. The molecule has 7 nitrogen and oxygen atoms in total. The zero-order chi connectivity index (χ0) is 23.2. The van der Waals surface area contributed by atoms with Crippen LogP contribution in [0.4, 0.5) is 4.39 Å². The van der Waals surface area contributed by atoms with E-state index in [0.717, 1.165) is 5.56 Å². The van der Waals surface area contributed by atoms with Crippen LogP contribution in [-0.4, -0.2) is 36.8 Å². The second kappa shape index (κ2) is 9.95. The number of benzene rings is 3. The van der Waals surface area contributed by atoms with Crippen LogP contribution in [0.1, 0.15) is 15.9 Å². The first-order valence-corrected chi connectivity index (χ1v) is 10.3. The third-order valence-corrected chi connectivity index (χ3v) is 5.08. The lowest BCUT2D eigenvalue weighted by Crippen LogP contribution is -2.26. The molecule has 0 spiro atoms. The van der Waals surface area contributed by atoms with Crippen molar-refractivity contribution in [3.8, 4) is 34.3 Å². The van der Waals surface area contributed by atoms with Crippen molar-refractivity contribution in [1.29, 1.82) is 0 Å². The highest BCUT2D eigenvalue weighted by Gasteiger charge is 2.18. The van der Waals surface area contributed by atoms with E-state index in [2.05, 4.69) is 15.5 Å². The molecule has 1 N–H and O–H groups in total. The summed E-state index contributed by atoms with van der Waals surface area (Å²) in [6.45, 7) is 0.424. The van der Waals surface area contributed by atoms with E-state index in [1.54, 1.807) is 50.6 Å². The van der Waals surface area contributed by atoms with Crippen molar-refractivity contribution in [1.82, 2.24) is 15.5 Å². The van der Waals surface area contributed by atoms with Crippen molar-refractivity contribution < 1.29 is 23.2 Å². The number of carbonyl (C=O) groups excluding carboxylic acids is 1. The minimum absolute atomic E-state index is 0.208. The molecule has 3 aromatic carbocycles. The summed E-state index contributed by atoms with van der Waals surface area (Å²) in [4.78, 5) is 17.3. The lowest BCUT2D eigenvalue weighted by Gasteiger charge is -2.11. The fraction of sp³-hybridized carbons (Fsp3) is 0.160. The summed E-state index contributed by atoms with van der Waals surface area (Å²) in [5.41, 5.74) is 2.55. The van der Waals surface area contributed by atoms with Crippen molar-refractivity contribution in [2.45, 2.75) is 6.42 Å². The Bertz CT molecular complexity index is 1250. The molecule has 8 heteroatoms. The van der Waals surface area contributed by atoms with E-state index in [1.807, 2.05) is 18.2 Å². The number of nitrogens with one attached hydrogen (secondary N) is 1. The van der Waals surface area contributed by atoms with E-state index in [0.29, 0.717) is 47.0 Å². The molecule has 0 aliphatic rings. The van der Waals surface area contributed by atoms with Crippen LogP contribution in [0.15, 0.2) is 71.3 Å². The Morgan fingerprint density at radius 2 is 1.76 bits per heavy atom. The summed E-state index contributed by atoms with van der Waals surface area (Å²) in [7, 11) is 3.17. The van der Waals surface area contributed by atoms with E-state index >= 15 is 0 Å². The molecule has 0 saturated carbocycles. The number of amides is 1. The third kappa shape index (κ3) is 5.01. The summed E-state index contributed by atoms with van der Waals surface area (Å²) in [6, 6.07) is 18.4. The van der Waals surface area contributed by atoms with Gasteiger partial charge in [0.25, 0.3) is 11.8 Å². The highest BCUT2D eigenvalue weighted by Crippen LogP contribution is 2.28. The van der Waals surface area contributed by atoms with Gasteiger partial charge in [0, 0.05) is 12.1 Å². The van der Waals surface area contributed by atoms with E-state index in [4.69, 9.17) is 14.0 Å². The van der Waals surface area contributed by atoms with Gasteiger partial charge in [-0.2, -0.15) is 4.98 Å². The molecule has 0 fully saturated rings. The van der Waals surface area contributed by atoms with Crippen LogP contribution in [0.5, 0.6) is 11.5 Å². The quantitative estimate of drug-likeness (QED) is 0.427. The molecule has 0 aliphatic heterocycles. The number of ether oxygens (including phenoxy) is 2. The Hall–Kier alpha value is -4.20. The van der Waals surface area contributed by atoms with Crippen LogP contribution >= 0.6 is 0 Å². The molecule has 0 saturated heterocycles. The second-order valence-corrected chi connectivity index (χ2v) is 7.17. The van der Waals surface area contributed by atoms with Crippen LogP contribution in [0.3, 0.4) is 0 Å². The zero-order valence-electron chi connectivity index (χ0n) is 18.2. The third-order valence-electron chi connectivity index (χ3n) is 5.08. The predicted molar refractivity (Wildman–Crippen MR) is 121 cm³/mol. The minimum Gasteiger partial charge on any atom is -0.493 e. The van der Waals surface area contributed by atoms with Crippen molar-refractivity contribution >= 4 is 5.91 Å². The van der Waals surface area contributed by atoms with Crippen molar-refractivity contribution in [3.05, 3.63) is 83.7 Å². The molecule has 0 atom stereocenters. The Morgan fingerprint density at radius 1 is 1.00 bits per heavy atom. The van der Waals surface area contributed by atoms with Gasteiger partial charge >= 0.3 is 0 Å². The van der Waals surface area contributed by atoms with Gasteiger partial charge in [0.15, 0.2) is 11.5 Å². The first-order valence-electron chi connectivity index (χ1n) is 10.3. The van der Waals surface area contributed by atoms with Gasteiger partial charge in [-0.3, -0.25) is 4.79 Å².